The zero-order valence-corrected chi connectivity index (χ0v) is 13.4. The Bertz CT molecular complexity index is 793. The summed E-state index contributed by atoms with van der Waals surface area (Å²) >= 11 is 0. The zero-order valence-electron chi connectivity index (χ0n) is 13.4. The summed E-state index contributed by atoms with van der Waals surface area (Å²) in [6, 6.07) is 12.0. The number of fused-ring (bicyclic) bond motifs is 1. The lowest BCUT2D eigenvalue weighted by Crippen LogP contribution is -2.24. The van der Waals surface area contributed by atoms with Crippen molar-refractivity contribution < 1.29 is 10.2 Å². The van der Waals surface area contributed by atoms with Gasteiger partial charge in [-0.05, 0) is 43.1 Å². The second kappa shape index (κ2) is 5.94. The van der Waals surface area contributed by atoms with E-state index in [2.05, 4.69) is 43.1 Å². The summed E-state index contributed by atoms with van der Waals surface area (Å²) in [5.41, 5.74) is 4.33. The summed E-state index contributed by atoms with van der Waals surface area (Å²) in [6.45, 7) is 3.68. The molecule has 118 valence electrons. The van der Waals surface area contributed by atoms with Gasteiger partial charge in [0.25, 0.3) is 0 Å². The molecule has 0 radical (unpaired) electrons. The average Bonchev–Trinajstić information content (AvgIpc) is 2.68. The van der Waals surface area contributed by atoms with E-state index >= 15 is 0 Å². The van der Waals surface area contributed by atoms with Crippen molar-refractivity contribution in [2.45, 2.75) is 19.3 Å². The number of hydrogen-bond donors (Lipinski definition) is 2. The van der Waals surface area contributed by atoms with Gasteiger partial charge in [0, 0.05) is 19.0 Å². The van der Waals surface area contributed by atoms with E-state index in [-0.39, 0.29) is 23.0 Å². The van der Waals surface area contributed by atoms with Crippen molar-refractivity contribution in [1.82, 2.24) is 4.90 Å². The van der Waals surface area contributed by atoms with E-state index in [4.69, 9.17) is 0 Å². The van der Waals surface area contributed by atoms with Gasteiger partial charge in [-0.25, -0.2) is 0 Å². The van der Waals surface area contributed by atoms with Crippen LogP contribution in [-0.4, -0.2) is 35.3 Å². The third-order valence-corrected chi connectivity index (χ3v) is 4.59. The number of hydrogen-bond acceptors (Lipinski definition) is 4. The minimum atomic E-state index is -0.307. The third kappa shape index (κ3) is 2.76. The number of rotatable bonds is 1. The molecule has 1 aliphatic rings. The van der Waals surface area contributed by atoms with Gasteiger partial charge in [-0.1, -0.05) is 29.8 Å². The van der Waals surface area contributed by atoms with Gasteiger partial charge in [-0.2, -0.15) is 5.26 Å². The molecule has 4 nitrogen and oxygen atoms in total. The van der Waals surface area contributed by atoms with Gasteiger partial charge in [-0.3, -0.25) is 0 Å². The molecule has 0 saturated heterocycles. The highest BCUT2D eigenvalue weighted by Crippen LogP contribution is 2.40. The van der Waals surface area contributed by atoms with E-state index in [9.17, 15) is 15.5 Å². The van der Waals surface area contributed by atoms with Crippen molar-refractivity contribution in [3.05, 3.63) is 58.1 Å². The predicted octanol–water partition coefficient (Wildman–Crippen LogP) is 2.90. The summed E-state index contributed by atoms with van der Waals surface area (Å²) in [4.78, 5) is 2.22. The fourth-order valence-corrected chi connectivity index (χ4v) is 3.39. The van der Waals surface area contributed by atoms with E-state index in [1.54, 1.807) is 6.07 Å². The average molecular weight is 308 g/mol. The summed E-state index contributed by atoms with van der Waals surface area (Å²) in [7, 11) is 2.06. The molecule has 1 unspecified atom stereocenters. The minimum Gasteiger partial charge on any atom is -0.504 e. The SMILES string of the molecule is Cc1cccc(C2CN(C)CCc3c2cc(O)c(O)c3C#N)c1. The molecule has 1 atom stereocenters. The Morgan fingerprint density at radius 2 is 2.04 bits per heavy atom. The van der Waals surface area contributed by atoms with Crippen molar-refractivity contribution in [2.24, 2.45) is 0 Å². The Kier molecular flexibility index (Phi) is 3.97. The van der Waals surface area contributed by atoms with Crippen LogP contribution < -0.4 is 0 Å². The normalized spacial score (nSPS) is 18.0. The first-order valence-corrected chi connectivity index (χ1v) is 7.74. The molecule has 0 aliphatic carbocycles. The summed E-state index contributed by atoms with van der Waals surface area (Å²) in [5.74, 6) is -0.461. The molecule has 0 aromatic heterocycles. The van der Waals surface area contributed by atoms with Gasteiger partial charge in [0.2, 0.25) is 0 Å². The Morgan fingerprint density at radius 1 is 1.26 bits per heavy atom. The van der Waals surface area contributed by atoms with Gasteiger partial charge in [0.1, 0.15) is 11.6 Å². The molecule has 0 bridgehead atoms. The van der Waals surface area contributed by atoms with Crippen LogP contribution in [0.5, 0.6) is 11.5 Å². The number of phenols is 2. The van der Waals surface area contributed by atoms with E-state index in [1.807, 2.05) is 6.07 Å². The van der Waals surface area contributed by atoms with Crippen LogP contribution in [0.3, 0.4) is 0 Å². The molecule has 3 rings (SSSR count). The predicted molar refractivity (Wildman–Crippen MR) is 88.7 cm³/mol. The maximum atomic E-state index is 10.0. The molecule has 2 N–H and O–H groups in total. The molecular formula is C19H20N2O2. The quantitative estimate of drug-likeness (QED) is 0.795. The Hall–Kier alpha value is -2.51. The minimum absolute atomic E-state index is 0.0657. The van der Waals surface area contributed by atoms with Crippen LogP contribution in [0.15, 0.2) is 30.3 Å². The molecule has 23 heavy (non-hydrogen) atoms. The summed E-state index contributed by atoms with van der Waals surface area (Å²) in [5, 5.41) is 29.5. The first-order chi connectivity index (χ1) is 11.0. The monoisotopic (exact) mass is 308 g/mol. The fourth-order valence-electron chi connectivity index (χ4n) is 3.39. The Balaban J connectivity index is 2.23. The summed E-state index contributed by atoms with van der Waals surface area (Å²) < 4.78 is 0. The first kappa shape index (κ1) is 15.4. The van der Waals surface area contributed by atoms with Gasteiger partial charge < -0.3 is 15.1 Å². The molecular weight excluding hydrogens is 288 g/mol. The van der Waals surface area contributed by atoms with E-state index in [1.165, 1.54) is 5.56 Å². The van der Waals surface area contributed by atoms with E-state index in [0.717, 1.165) is 29.8 Å². The van der Waals surface area contributed by atoms with Crippen LogP contribution in [0.4, 0.5) is 0 Å². The molecule has 2 aromatic carbocycles. The second-order valence-corrected chi connectivity index (χ2v) is 6.28. The number of nitrogens with zero attached hydrogens (tertiary/aromatic N) is 2. The van der Waals surface area contributed by atoms with Crippen LogP contribution in [-0.2, 0) is 6.42 Å². The number of phenolic OH excluding ortho intramolecular Hbond substituents is 2. The van der Waals surface area contributed by atoms with Gasteiger partial charge >= 0.3 is 0 Å². The molecule has 1 heterocycles. The van der Waals surface area contributed by atoms with Crippen LogP contribution >= 0.6 is 0 Å². The van der Waals surface area contributed by atoms with Gasteiger partial charge in [-0.15, -0.1) is 0 Å². The topological polar surface area (TPSA) is 67.5 Å². The van der Waals surface area contributed by atoms with Crippen LogP contribution in [0.2, 0.25) is 0 Å². The van der Waals surface area contributed by atoms with Gasteiger partial charge in [0.05, 0.1) is 0 Å². The highest BCUT2D eigenvalue weighted by atomic mass is 16.3. The Morgan fingerprint density at radius 3 is 2.74 bits per heavy atom. The third-order valence-electron chi connectivity index (χ3n) is 4.59. The van der Waals surface area contributed by atoms with Crippen molar-refractivity contribution >= 4 is 0 Å². The molecule has 0 saturated carbocycles. The number of aryl methyl sites for hydroxylation is 1. The Labute approximate surface area is 136 Å². The number of benzene rings is 2. The second-order valence-electron chi connectivity index (χ2n) is 6.28. The van der Waals surface area contributed by atoms with Crippen molar-refractivity contribution in [2.75, 3.05) is 20.1 Å². The van der Waals surface area contributed by atoms with Crippen LogP contribution in [0, 0.1) is 18.3 Å². The van der Waals surface area contributed by atoms with Crippen LogP contribution in [0.1, 0.15) is 33.7 Å². The van der Waals surface area contributed by atoms with Crippen molar-refractivity contribution in [3.8, 4) is 17.6 Å². The number of nitriles is 1. The van der Waals surface area contributed by atoms with Crippen LogP contribution in [0.25, 0.3) is 0 Å². The zero-order chi connectivity index (χ0) is 16.6. The molecule has 0 amide bonds. The maximum Gasteiger partial charge on any atom is 0.175 e. The first-order valence-electron chi connectivity index (χ1n) is 7.74. The largest absolute Gasteiger partial charge is 0.504 e. The fraction of sp³-hybridized carbons (Fsp3) is 0.316. The number of aromatic hydroxyl groups is 2. The lowest BCUT2D eigenvalue weighted by Gasteiger charge is -2.23. The molecule has 1 aliphatic heterocycles. The molecule has 0 fully saturated rings. The lowest BCUT2D eigenvalue weighted by molar-refractivity contribution is 0.338. The summed E-state index contributed by atoms with van der Waals surface area (Å²) in [6.07, 6.45) is 0.685. The maximum absolute atomic E-state index is 10.0. The van der Waals surface area contributed by atoms with Crippen molar-refractivity contribution in [3.63, 3.8) is 0 Å². The van der Waals surface area contributed by atoms with Gasteiger partial charge in [0.15, 0.2) is 11.5 Å². The van der Waals surface area contributed by atoms with E-state index < -0.39 is 0 Å². The van der Waals surface area contributed by atoms with Crippen molar-refractivity contribution in [1.29, 1.82) is 5.26 Å². The smallest absolute Gasteiger partial charge is 0.175 e. The molecule has 4 heteroatoms. The van der Waals surface area contributed by atoms with E-state index in [0.29, 0.717) is 6.42 Å². The highest BCUT2D eigenvalue weighted by Gasteiger charge is 2.27. The lowest BCUT2D eigenvalue weighted by atomic mass is 9.85. The number of likely N-dealkylation sites (N-methyl/N-ethyl adjacent to an activating group) is 1. The molecule has 2 aromatic rings. The standard InChI is InChI=1S/C19H20N2O2/c1-12-4-3-5-13(8-12)17-11-21(2)7-6-14-15(17)9-18(22)19(23)16(14)10-20/h3-5,8-9,17,22-23H,6-7,11H2,1-2H3. The molecule has 0 spiro atoms. The highest BCUT2D eigenvalue weighted by molar-refractivity contribution is 5.61.